The van der Waals surface area contributed by atoms with E-state index in [9.17, 15) is 8.78 Å². The first-order chi connectivity index (χ1) is 10.1. The van der Waals surface area contributed by atoms with E-state index in [2.05, 4.69) is 41.5 Å². The van der Waals surface area contributed by atoms with Gasteiger partial charge in [-0.25, -0.2) is 18.7 Å². The zero-order chi connectivity index (χ0) is 15.2. The Kier molecular flexibility index (Phi) is 5.45. The summed E-state index contributed by atoms with van der Waals surface area (Å²) in [7, 11) is 0. The molecule has 0 saturated heterocycles. The first kappa shape index (κ1) is 15.6. The topological polar surface area (TPSA) is 62.7 Å². The lowest BCUT2D eigenvalue weighted by atomic mass is 10.2. The third-order valence-electron chi connectivity index (χ3n) is 2.45. The molecule has 2 heterocycles. The molecule has 2 rings (SSSR count). The van der Waals surface area contributed by atoms with Crippen LogP contribution in [0.25, 0.3) is 0 Å². The van der Waals surface area contributed by atoms with Gasteiger partial charge in [-0.15, -0.1) is 0 Å². The molecule has 0 aliphatic heterocycles. The molecular formula is C12H10BrF2N5S. The molecule has 0 radical (unpaired) electrons. The van der Waals surface area contributed by atoms with Crippen LogP contribution in [0.15, 0.2) is 29.3 Å². The Bertz CT molecular complexity index is 655. The van der Waals surface area contributed by atoms with Gasteiger partial charge in [0.1, 0.15) is 4.60 Å². The number of hydrogen-bond acceptors (Lipinski definition) is 4. The van der Waals surface area contributed by atoms with Crippen molar-refractivity contribution in [1.29, 1.82) is 0 Å². The van der Waals surface area contributed by atoms with E-state index < -0.39 is 11.6 Å². The molecule has 2 aromatic rings. The predicted molar refractivity (Wildman–Crippen MR) is 81.8 cm³/mol. The summed E-state index contributed by atoms with van der Waals surface area (Å²) in [6, 6.07) is 0.976. The van der Waals surface area contributed by atoms with Gasteiger partial charge in [-0.2, -0.15) is 0 Å². The number of nitrogens with zero attached hydrogens (tertiary/aromatic N) is 3. The minimum absolute atomic E-state index is 0.0472. The molecule has 0 saturated carbocycles. The summed E-state index contributed by atoms with van der Waals surface area (Å²) in [5.41, 5.74) is 0.0472. The number of anilines is 1. The van der Waals surface area contributed by atoms with E-state index in [0.717, 1.165) is 6.07 Å². The number of pyridine rings is 1. The van der Waals surface area contributed by atoms with Crippen molar-refractivity contribution in [1.82, 2.24) is 20.3 Å². The highest BCUT2D eigenvalue weighted by Gasteiger charge is 2.09. The molecule has 0 unspecified atom stereocenters. The van der Waals surface area contributed by atoms with Gasteiger partial charge >= 0.3 is 0 Å². The average molecular weight is 374 g/mol. The zero-order valence-electron chi connectivity index (χ0n) is 10.6. The highest BCUT2D eigenvalue weighted by Crippen LogP contribution is 2.14. The molecule has 0 aliphatic rings. The summed E-state index contributed by atoms with van der Waals surface area (Å²) in [5, 5.41) is 5.99. The van der Waals surface area contributed by atoms with Crippen molar-refractivity contribution in [3.8, 4) is 0 Å². The second-order valence-corrected chi connectivity index (χ2v) is 5.04. The van der Waals surface area contributed by atoms with Gasteiger partial charge in [0.2, 0.25) is 0 Å². The normalized spacial score (nSPS) is 10.2. The van der Waals surface area contributed by atoms with Crippen LogP contribution in [0.3, 0.4) is 0 Å². The molecule has 0 fully saturated rings. The van der Waals surface area contributed by atoms with Gasteiger partial charge in [0.05, 0.1) is 5.69 Å². The molecule has 0 atom stereocenters. The van der Waals surface area contributed by atoms with E-state index in [-0.39, 0.29) is 12.1 Å². The Balaban J connectivity index is 1.85. The van der Waals surface area contributed by atoms with E-state index in [0.29, 0.717) is 22.1 Å². The smallest absolute Gasteiger partial charge is 0.180 e. The Labute approximate surface area is 133 Å². The summed E-state index contributed by atoms with van der Waals surface area (Å²) < 4.78 is 26.9. The monoisotopic (exact) mass is 373 g/mol. The number of thiocarbonyl (C=S) groups is 1. The molecule has 0 spiro atoms. The molecule has 2 N–H and O–H groups in total. The van der Waals surface area contributed by atoms with Crippen LogP contribution >= 0.6 is 28.1 Å². The second-order valence-electron chi connectivity index (χ2n) is 3.88. The van der Waals surface area contributed by atoms with Crippen molar-refractivity contribution >= 4 is 39.1 Å². The molecule has 9 heteroatoms. The lowest BCUT2D eigenvalue weighted by Gasteiger charge is -2.10. The Hall–Kier alpha value is -1.74. The van der Waals surface area contributed by atoms with Crippen molar-refractivity contribution < 1.29 is 8.78 Å². The second kappa shape index (κ2) is 7.32. The van der Waals surface area contributed by atoms with Crippen LogP contribution < -0.4 is 10.6 Å². The Morgan fingerprint density at radius 3 is 2.71 bits per heavy atom. The number of nitrogens with one attached hydrogen (secondary N) is 2. The van der Waals surface area contributed by atoms with Crippen LogP contribution in [0.5, 0.6) is 0 Å². The maximum Gasteiger partial charge on any atom is 0.180 e. The molecule has 0 bridgehead atoms. The molecule has 21 heavy (non-hydrogen) atoms. The first-order valence-corrected chi connectivity index (χ1v) is 7.08. The third-order valence-corrected chi connectivity index (χ3v) is 3.27. The standard InChI is InChI=1S/C12H10BrF2N5S/c13-10-11(18-6-5-17-10)20-12(21)19-4-2-8-9(15)7(14)1-3-16-8/h1,3,5-6H,2,4H2,(H2,18,19,20,21). The van der Waals surface area contributed by atoms with Crippen LogP contribution in [-0.4, -0.2) is 26.6 Å². The van der Waals surface area contributed by atoms with Crippen LogP contribution in [-0.2, 0) is 6.42 Å². The van der Waals surface area contributed by atoms with E-state index in [4.69, 9.17) is 12.2 Å². The van der Waals surface area contributed by atoms with Gasteiger partial charge in [-0.1, -0.05) is 0 Å². The quantitative estimate of drug-likeness (QED) is 0.802. The minimum atomic E-state index is -0.935. The highest BCUT2D eigenvalue weighted by atomic mass is 79.9. The zero-order valence-corrected chi connectivity index (χ0v) is 13.0. The summed E-state index contributed by atoms with van der Waals surface area (Å²) in [4.78, 5) is 11.8. The fourth-order valence-corrected chi connectivity index (χ4v) is 2.00. The van der Waals surface area contributed by atoms with Crippen molar-refractivity contribution in [2.45, 2.75) is 6.42 Å². The van der Waals surface area contributed by atoms with E-state index in [1.54, 1.807) is 0 Å². The SMILES string of the molecule is Fc1ccnc(CCNC(=S)Nc2nccnc2Br)c1F. The van der Waals surface area contributed by atoms with Crippen LogP contribution in [0.4, 0.5) is 14.6 Å². The molecule has 0 aliphatic carbocycles. The van der Waals surface area contributed by atoms with Gasteiger partial charge in [0.25, 0.3) is 0 Å². The van der Waals surface area contributed by atoms with Gasteiger partial charge in [0.15, 0.2) is 22.6 Å². The van der Waals surface area contributed by atoms with Crippen molar-refractivity contribution in [2.24, 2.45) is 0 Å². The fourth-order valence-electron chi connectivity index (χ4n) is 1.49. The average Bonchev–Trinajstić information content (AvgIpc) is 2.46. The molecule has 2 aromatic heterocycles. The largest absolute Gasteiger partial charge is 0.362 e. The molecule has 110 valence electrons. The summed E-state index contributed by atoms with van der Waals surface area (Å²) in [6.07, 6.45) is 4.47. The highest BCUT2D eigenvalue weighted by molar-refractivity contribution is 9.10. The lowest BCUT2D eigenvalue weighted by molar-refractivity contribution is 0.491. The Morgan fingerprint density at radius 2 is 1.95 bits per heavy atom. The molecule has 0 aromatic carbocycles. The Morgan fingerprint density at radius 1 is 1.19 bits per heavy atom. The van der Waals surface area contributed by atoms with Crippen LogP contribution in [0.1, 0.15) is 5.69 Å². The minimum Gasteiger partial charge on any atom is -0.362 e. The fraction of sp³-hybridized carbons (Fsp3) is 0.167. The van der Waals surface area contributed by atoms with Gasteiger partial charge in [-0.3, -0.25) is 4.98 Å². The molecule has 5 nitrogen and oxygen atoms in total. The van der Waals surface area contributed by atoms with E-state index in [1.165, 1.54) is 18.6 Å². The maximum absolute atomic E-state index is 13.4. The first-order valence-electron chi connectivity index (χ1n) is 5.88. The summed E-state index contributed by atoms with van der Waals surface area (Å²) in [6.45, 7) is 0.303. The van der Waals surface area contributed by atoms with E-state index in [1.807, 2.05) is 0 Å². The maximum atomic E-state index is 13.4. The van der Waals surface area contributed by atoms with Gasteiger partial charge < -0.3 is 10.6 Å². The molecule has 0 amide bonds. The number of halogens is 3. The van der Waals surface area contributed by atoms with Crippen molar-refractivity contribution in [2.75, 3.05) is 11.9 Å². The van der Waals surface area contributed by atoms with Gasteiger partial charge in [-0.05, 0) is 34.2 Å². The van der Waals surface area contributed by atoms with Gasteiger partial charge in [0, 0.05) is 31.6 Å². The summed E-state index contributed by atoms with van der Waals surface area (Å²) in [5.74, 6) is -1.39. The predicted octanol–water partition coefficient (Wildman–Crippen LogP) is 2.44. The van der Waals surface area contributed by atoms with Crippen LogP contribution in [0, 0.1) is 11.6 Å². The molecular weight excluding hydrogens is 364 g/mol. The van der Waals surface area contributed by atoms with E-state index >= 15 is 0 Å². The third kappa shape index (κ3) is 4.36. The van der Waals surface area contributed by atoms with Crippen molar-refractivity contribution in [3.63, 3.8) is 0 Å². The van der Waals surface area contributed by atoms with Crippen molar-refractivity contribution in [3.05, 3.63) is 46.6 Å². The van der Waals surface area contributed by atoms with Crippen LogP contribution in [0.2, 0.25) is 0 Å². The lowest BCUT2D eigenvalue weighted by Crippen LogP contribution is -2.31. The number of aromatic nitrogens is 3. The number of rotatable bonds is 4. The number of hydrogen-bond donors (Lipinski definition) is 2. The summed E-state index contributed by atoms with van der Waals surface area (Å²) >= 11 is 8.29.